The van der Waals surface area contributed by atoms with Crippen LogP contribution in [0, 0.1) is 0 Å². The Balaban J connectivity index is 3.14. The molecule has 1 rings (SSSR count). The van der Waals surface area contributed by atoms with Gasteiger partial charge in [-0.1, -0.05) is 26.0 Å². The van der Waals surface area contributed by atoms with Crippen LogP contribution in [0.15, 0.2) is 37.4 Å². The van der Waals surface area contributed by atoms with E-state index in [1.807, 2.05) is 18.2 Å². The summed E-state index contributed by atoms with van der Waals surface area (Å²) in [5, 5.41) is 0. The maximum absolute atomic E-state index is 5.75. The summed E-state index contributed by atoms with van der Waals surface area (Å²) in [6, 6.07) is 4.12. The second-order valence-corrected chi connectivity index (χ2v) is 4.60. The molecule has 0 aliphatic heterocycles. The van der Waals surface area contributed by atoms with Gasteiger partial charge in [-0.3, -0.25) is 0 Å². The van der Waals surface area contributed by atoms with Gasteiger partial charge in [0.2, 0.25) is 0 Å². The molecule has 1 heterocycles. The number of hydrogen-bond acceptors (Lipinski definition) is 3. The van der Waals surface area contributed by atoms with Crippen LogP contribution in [0.2, 0.25) is 0 Å². The van der Waals surface area contributed by atoms with E-state index in [0.29, 0.717) is 12.5 Å². The van der Waals surface area contributed by atoms with Gasteiger partial charge in [-0.15, -0.1) is 13.2 Å². The molecule has 2 N–H and O–H groups in total. The first-order chi connectivity index (χ1) is 8.62. The Bertz CT molecular complexity index is 400. The van der Waals surface area contributed by atoms with Crippen LogP contribution < -0.4 is 10.6 Å². The van der Waals surface area contributed by atoms with Crippen LogP contribution >= 0.6 is 0 Å². The van der Waals surface area contributed by atoms with Crippen molar-refractivity contribution in [3.05, 3.63) is 48.7 Å². The minimum absolute atomic E-state index is 0.393. The minimum atomic E-state index is 0.393. The van der Waals surface area contributed by atoms with Gasteiger partial charge in [0.05, 0.1) is 0 Å². The van der Waals surface area contributed by atoms with E-state index in [4.69, 9.17) is 10.7 Å². The van der Waals surface area contributed by atoms with Gasteiger partial charge < -0.3 is 10.6 Å². The number of pyridine rings is 1. The fraction of sp³-hybridized carbons (Fsp3) is 0.400. The lowest BCUT2D eigenvalue weighted by Crippen LogP contribution is -2.25. The summed E-state index contributed by atoms with van der Waals surface area (Å²) in [5.74, 6) is 1.34. The predicted octanol–water partition coefficient (Wildman–Crippen LogP) is 2.84. The Labute approximate surface area is 110 Å². The SMILES string of the molecule is C=CCN(CC=C)c1cc(CN)cc(C(C)C)n1. The van der Waals surface area contributed by atoms with Gasteiger partial charge in [0, 0.05) is 25.3 Å². The van der Waals surface area contributed by atoms with Crippen molar-refractivity contribution >= 4 is 5.82 Å². The molecule has 0 saturated heterocycles. The van der Waals surface area contributed by atoms with Crippen LogP contribution in [0.25, 0.3) is 0 Å². The summed E-state index contributed by atoms with van der Waals surface area (Å²) in [5.41, 5.74) is 7.94. The quantitative estimate of drug-likeness (QED) is 0.751. The highest BCUT2D eigenvalue weighted by molar-refractivity contribution is 5.44. The maximum Gasteiger partial charge on any atom is 0.129 e. The molecule has 0 aliphatic rings. The summed E-state index contributed by atoms with van der Waals surface area (Å²) >= 11 is 0. The zero-order valence-corrected chi connectivity index (χ0v) is 11.4. The Kier molecular flexibility index (Phi) is 5.59. The highest BCUT2D eigenvalue weighted by Gasteiger charge is 2.10. The molecular formula is C15H23N3. The lowest BCUT2D eigenvalue weighted by molar-refractivity contribution is 0.803. The smallest absolute Gasteiger partial charge is 0.129 e. The number of aromatic nitrogens is 1. The first-order valence-electron chi connectivity index (χ1n) is 6.30. The summed E-state index contributed by atoms with van der Waals surface area (Å²) < 4.78 is 0. The van der Waals surface area contributed by atoms with Crippen molar-refractivity contribution in [3.8, 4) is 0 Å². The Morgan fingerprint density at radius 2 is 1.89 bits per heavy atom. The van der Waals surface area contributed by atoms with Crippen molar-refractivity contribution in [2.24, 2.45) is 5.73 Å². The second-order valence-electron chi connectivity index (χ2n) is 4.60. The van der Waals surface area contributed by atoms with E-state index in [2.05, 4.69) is 38.0 Å². The van der Waals surface area contributed by atoms with Crippen molar-refractivity contribution in [1.29, 1.82) is 0 Å². The van der Waals surface area contributed by atoms with Crippen LogP contribution in [0.4, 0.5) is 5.82 Å². The van der Waals surface area contributed by atoms with Crippen molar-refractivity contribution < 1.29 is 0 Å². The molecule has 0 amide bonds. The van der Waals surface area contributed by atoms with Crippen LogP contribution in [-0.4, -0.2) is 18.1 Å². The molecule has 0 aliphatic carbocycles. The van der Waals surface area contributed by atoms with Gasteiger partial charge in [-0.2, -0.15) is 0 Å². The molecule has 3 nitrogen and oxygen atoms in total. The number of rotatable bonds is 7. The normalized spacial score (nSPS) is 10.4. The van der Waals surface area contributed by atoms with Gasteiger partial charge in [0.25, 0.3) is 0 Å². The molecule has 3 heteroatoms. The molecule has 0 bridgehead atoms. The van der Waals surface area contributed by atoms with E-state index in [0.717, 1.165) is 30.2 Å². The Morgan fingerprint density at radius 3 is 2.33 bits per heavy atom. The molecule has 1 aromatic heterocycles. The van der Waals surface area contributed by atoms with Crippen LogP contribution in [-0.2, 0) is 6.54 Å². The topological polar surface area (TPSA) is 42.1 Å². The van der Waals surface area contributed by atoms with Gasteiger partial charge >= 0.3 is 0 Å². The standard InChI is InChI=1S/C15H23N3/c1-5-7-18(8-6-2)15-10-13(11-16)9-14(17-15)12(3)4/h5-6,9-10,12H,1-2,7-8,11,16H2,3-4H3. The fourth-order valence-electron chi connectivity index (χ4n) is 1.74. The first-order valence-corrected chi connectivity index (χ1v) is 6.30. The molecule has 0 unspecified atom stereocenters. The van der Waals surface area contributed by atoms with Crippen molar-refractivity contribution in [3.63, 3.8) is 0 Å². The summed E-state index contributed by atoms with van der Waals surface area (Å²) in [7, 11) is 0. The summed E-state index contributed by atoms with van der Waals surface area (Å²) in [4.78, 5) is 6.82. The van der Waals surface area contributed by atoms with E-state index in [9.17, 15) is 0 Å². The number of anilines is 1. The molecule has 0 spiro atoms. The largest absolute Gasteiger partial charge is 0.349 e. The van der Waals surface area contributed by atoms with Crippen molar-refractivity contribution in [1.82, 2.24) is 4.98 Å². The Morgan fingerprint density at radius 1 is 1.28 bits per heavy atom. The first kappa shape index (κ1) is 14.5. The molecule has 0 fully saturated rings. The Hall–Kier alpha value is -1.61. The average molecular weight is 245 g/mol. The lowest BCUT2D eigenvalue weighted by Gasteiger charge is -2.22. The van der Waals surface area contributed by atoms with Gasteiger partial charge in [-0.25, -0.2) is 4.98 Å². The van der Waals surface area contributed by atoms with Crippen LogP contribution in [0.3, 0.4) is 0 Å². The summed E-state index contributed by atoms with van der Waals surface area (Å²) in [6.07, 6.45) is 3.74. The molecule has 0 aromatic carbocycles. The van der Waals surface area contributed by atoms with E-state index >= 15 is 0 Å². The van der Waals surface area contributed by atoms with Gasteiger partial charge in [-0.05, 0) is 23.6 Å². The third-order valence-electron chi connectivity index (χ3n) is 2.74. The maximum atomic E-state index is 5.75. The summed E-state index contributed by atoms with van der Waals surface area (Å²) in [6.45, 7) is 13.9. The molecule has 0 radical (unpaired) electrons. The van der Waals surface area contributed by atoms with E-state index in [-0.39, 0.29) is 0 Å². The molecule has 0 saturated carbocycles. The minimum Gasteiger partial charge on any atom is -0.349 e. The number of hydrogen-bond donors (Lipinski definition) is 1. The van der Waals surface area contributed by atoms with Gasteiger partial charge in [0.15, 0.2) is 0 Å². The highest BCUT2D eigenvalue weighted by Crippen LogP contribution is 2.20. The van der Waals surface area contributed by atoms with Crippen molar-refractivity contribution in [2.75, 3.05) is 18.0 Å². The van der Waals surface area contributed by atoms with E-state index in [1.165, 1.54) is 0 Å². The zero-order valence-electron chi connectivity index (χ0n) is 11.4. The van der Waals surface area contributed by atoms with E-state index < -0.39 is 0 Å². The molecule has 1 aromatic rings. The van der Waals surface area contributed by atoms with Crippen molar-refractivity contribution in [2.45, 2.75) is 26.3 Å². The number of nitrogens with two attached hydrogens (primary N) is 1. The molecule has 0 atom stereocenters. The third-order valence-corrected chi connectivity index (χ3v) is 2.74. The lowest BCUT2D eigenvalue weighted by atomic mass is 10.1. The second kappa shape index (κ2) is 6.97. The average Bonchev–Trinajstić information content (AvgIpc) is 2.37. The number of nitrogens with zero attached hydrogens (tertiary/aromatic N) is 2. The van der Waals surface area contributed by atoms with E-state index in [1.54, 1.807) is 0 Å². The fourth-order valence-corrected chi connectivity index (χ4v) is 1.74. The highest BCUT2D eigenvalue weighted by atomic mass is 15.2. The molecule has 98 valence electrons. The zero-order chi connectivity index (χ0) is 13.5. The van der Waals surface area contributed by atoms with Crippen LogP contribution in [0.1, 0.15) is 31.0 Å². The molecule has 18 heavy (non-hydrogen) atoms. The van der Waals surface area contributed by atoms with Crippen LogP contribution in [0.5, 0.6) is 0 Å². The monoisotopic (exact) mass is 245 g/mol. The van der Waals surface area contributed by atoms with Gasteiger partial charge in [0.1, 0.15) is 5.82 Å². The predicted molar refractivity (Wildman–Crippen MR) is 78.8 cm³/mol. The molecular weight excluding hydrogens is 222 g/mol. The third kappa shape index (κ3) is 3.70.